The summed E-state index contributed by atoms with van der Waals surface area (Å²) >= 11 is 6.13. The molecule has 5 nitrogen and oxygen atoms in total. The average molecular weight is 337 g/mol. The molecular weight excluding hydrogens is 319 g/mol. The SMILES string of the molecule is CNc1c(Cl)ncnc1N1CCOC(c2ccc(F)c(C)c2)C1. The van der Waals surface area contributed by atoms with Crippen LogP contribution >= 0.6 is 11.6 Å². The molecular formula is C16H18ClFN4O. The van der Waals surface area contributed by atoms with Gasteiger partial charge in [-0.1, -0.05) is 23.7 Å². The van der Waals surface area contributed by atoms with Gasteiger partial charge in [-0.15, -0.1) is 0 Å². The first-order chi connectivity index (χ1) is 11.1. The van der Waals surface area contributed by atoms with Crippen molar-refractivity contribution in [1.82, 2.24) is 9.97 Å². The summed E-state index contributed by atoms with van der Waals surface area (Å²) in [6.07, 6.45) is 1.31. The lowest BCUT2D eigenvalue weighted by atomic mass is 10.0. The number of halogens is 2. The summed E-state index contributed by atoms with van der Waals surface area (Å²) in [4.78, 5) is 10.4. The van der Waals surface area contributed by atoms with E-state index in [9.17, 15) is 4.39 Å². The van der Waals surface area contributed by atoms with Gasteiger partial charge in [0.05, 0.1) is 6.61 Å². The molecule has 1 saturated heterocycles. The second kappa shape index (κ2) is 6.68. The Hall–Kier alpha value is -1.92. The predicted molar refractivity (Wildman–Crippen MR) is 88.6 cm³/mol. The molecule has 1 N–H and O–H groups in total. The van der Waals surface area contributed by atoms with Crippen molar-refractivity contribution < 1.29 is 9.13 Å². The molecule has 1 aliphatic rings. The normalized spacial score (nSPS) is 18.1. The van der Waals surface area contributed by atoms with Crippen molar-refractivity contribution in [2.45, 2.75) is 13.0 Å². The van der Waals surface area contributed by atoms with Crippen LogP contribution in [0.1, 0.15) is 17.2 Å². The number of hydrogen-bond donors (Lipinski definition) is 1. The smallest absolute Gasteiger partial charge is 0.157 e. The molecule has 0 aliphatic carbocycles. The maximum atomic E-state index is 13.5. The van der Waals surface area contributed by atoms with Crippen LogP contribution in [0.4, 0.5) is 15.9 Å². The van der Waals surface area contributed by atoms with Crippen molar-refractivity contribution >= 4 is 23.1 Å². The molecule has 23 heavy (non-hydrogen) atoms. The Morgan fingerprint density at radius 1 is 1.39 bits per heavy atom. The summed E-state index contributed by atoms with van der Waals surface area (Å²) in [7, 11) is 1.79. The summed E-state index contributed by atoms with van der Waals surface area (Å²) in [5.41, 5.74) is 2.27. The summed E-state index contributed by atoms with van der Waals surface area (Å²) in [6, 6.07) is 5.07. The fourth-order valence-electron chi connectivity index (χ4n) is 2.72. The standard InChI is InChI=1S/C16H18ClFN4O/c1-10-7-11(3-4-12(10)18)13-8-22(5-6-23-13)16-14(19-2)15(17)20-9-21-16/h3-4,7,9,13,19H,5-6,8H2,1-2H3. The van der Waals surface area contributed by atoms with Crippen molar-refractivity contribution in [2.24, 2.45) is 0 Å². The Kier molecular flexibility index (Phi) is 4.63. The van der Waals surface area contributed by atoms with Gasteiger partial charge in [0.15, 0.2) is 11.0 Å². The highest BCUT2D eigenvalue weighted by Gasteiger charge is 2.25. The Morgan fingerprint density at radius 3 is 2.96 bits per heavy atom. The number of hydrogen-bond acceptors (Lipinski definition) is 5. The van der Waals surface area contributed by atoms with Gasteiger partial charge in [-0.05, 0) is 24.1 Å². The molecule has 0 spiro atoms. The Morgan fingerprint density at radius 2 is 2.22 bits per heavy atom. The van der Waals surface area contributed by atoms with Crippen molar-refractivity contribution in [3.05, 3.63) is 46.6 Å². The first-order valence-corrected chi connectivity index (χ1v) is 7.78. The zero-order valence-corrected chi connectivity index (χ0v) is 13.8. The third kappa shape index (κ3) is 3.23. The third-order valence-electron chi connectivity index (χ3n) is 3.95. The van der Waals surface area contributed by atoms with E-state index < -0.39 is 0 Å². The Labute approximate surface area is 139 Å². The molecule has 1 aromatic heterocycles. The number of nitrogens with zero attached hydrogens (tertiary/aromatic N) is 3. The number of anilines is 2. The topological polar surface area (TPSA) is 50.3 Å². The zero-order valence-electron chi connectivity index (χ0n) is 13.0. The fraction of sp³-hybridized carbons (Fsp3) is 0.375. The molecule has 0 bridgehead atoms. The maximum absolute atomic E-state index is 13.5. The van der Waals surface area contributed by atoms with Crippen LogP contribution in [0.3, 0.4) is 0 Å². The number of rotatable bonds is 3. The first kappa shape index (κ1) is 16.0. The van der Waals surface area contributed by atoms with Crippen molar-refractivity contribution in [3.63, 3.8) is 0 Å². The first-order valence-electron chi connectivity index (χ1n) is 7.41. The average Bonchev–Trinajstić information content (AvgIpc) is 2.57. The van der Waals surface area contributed by atoms with Crippen molar-refractivity contribution in [1.29, 1.82) is 0 Å². The minimum absolute atomic E-state index is 0.138. The van der Waals surface area contributed by atoms with E-state index in [2.05, 4.69) is 20.2 Å². The second-order valence-electron chi connectivity index (χ2n) is 5.43. The highest BCUT2D eigenvalue weighted by Crippen LogP contribution is 2.32. The summed E-state index contributed by atoms with van der Waals surface area (Å²) < 4.78 is 19.3. The Bertz CT molecular complexity index is 712. The number of ether oxygens (including phenoxy) is 1. The van der Waals surface area contributed by atoms with Gasteiger partial charge in [0.2, 0.25) is 0 Å². The zero-order chi connectivity index (χ0) is 16.4. The minimum atomic E-state index is -0.207. The van der Waals surface area contributed by atoms with Crippen LogP contribution < -0.4 is 10.2 Å². The number of aryl methyl sites for hydroxylation is 1. The number of benzene rings is 1. The van der Waals surface area contributed by atoms with Crippen LogP contribution in [0.15, 0.2) is 24.5 Å². The van der Waals surface area contributed by atoms with E-state index in [1.165, 1.54) is 12.4 Å². The van der Waals surface area contributed by atoms with E-state index in [-0.39, 0.29) is 11.9 Å². The molecule has 1 fully saturated rings. The molecule has 3 rings (SSSR count). The molecule has 0 radical (unpaired) electrons. The minimum Gasteiger partial charge on any atom is -0.383 e. The van der Waals surface area contributed by atoms with Crippen LogP contribution in [-0.2, 0) is 4.74 Å². The summed E-state index contributed by atoms with van der Waals surface area (Å²) in [5, 5.41) is 3.43. The van der Waals surface area contributed by atoms with E-state index in [4.69, 9.17) is 16.3 Å². The quantitative estimate of drug-likeness (QED) is 0.872. The summed E-state index contributed by atoms with van der Waals surface area (Å²) in [5.74, 6) is 0.543. The van der Waals surface area contributed by atoms with Crippen molar-refractivity contribution in [2.75, 3.05) is 37.0 Å². The summed E-state index contributed by atoms with van der Waals surface area (Å²) in [6.45, 7) is 3.64. The molecule has 2 heterocycles. The van der Waals surface area contributed by atoms with Crippen LogP contribution in [0.25, 0.3) is 0 Å². The Balaban J connectivity index is 1.86. The highest BCUT2D eigenvalue weighted by molar-refractivity contribution is 6.32. The number of morpholine rings is 1. The molecule has 1 unspecified atom stereocenters. The van der Waals surface area contributed by atoms with Gasteiger partial charge in [0.1, 0.15) is 23.9 Å². The van der Waals surface area contributed by atoms with E-state index in [1.54, 1.807) is 20.0 Å². The fourth-order valence-corrected chi connectivity index (χ4v) is 2.94. The van der Waals surface area contributed by atoms with Crippen LogP contribution in [0.2, 0.25) is 5.15 Å². The van der Waals surface area contributed by atoms with Gasteiger partial charge in [-0.3, -0.25) is 0 Å². The van der Waals surface area contributed by atoms with Gasteiger partial charge >= 0.3 is 0 Å². The largest absolute Gasteiger partial charge is 0.383 e. The van der Waals surface area contributed by atoms with Gasteiger partial charge in [0, 0.05) is 20.1 Å². The molecule has 1 aliphatic heterocycles. The van der Waals surface area contributed by atoms with E-state index in [0.717, 1.165) is 11.4 Å². The molecule has 0 amide bonds. The molecule has 2 aromatic rings. The molecule has 122 valence electrons. The van der Waals surface area contributed by atoms with Gasteiger partial charge in [-0.2, -0.15) is 0 Å². The number of aromatic nitrogens is 2. The van der Waals surface area contributed by atoms with Crippen LogP contribution in [0.5, 0.6) is 0 Å². The van der Waals surface area contributed by atoms with Gasteiger partial charge < -0.3 is 15.0 Å². The van der Waals surface area contributed by atoms with Crippen molar-refractivity contribution in [3.8, 4) is 0 Å². The maximum Gasteiger partial charge on any atom is 0.157 e. The lowest BCUT2D eigenvalue weighted by Crippen LogP contribution is -2.39. The monoisotopic (exact) mass is 336 g/mol. The van der Waals surface area contributed by atoms with Gasteiger partial charge in [0.25, 0.3) is 0 Å². The van der Waals surface area contributed by atoms with E-state index in [1.807, 2.05) is 6.07 Å². The van der Waals surface area contributed by atoms with Crippen LogP contribution in [0, 0.1) is 12.7 Å². The number of nitrogens with one attached hydrogen (secondary N) is 1. The second-order valence-corrected chi connectivity index (χ2v) is 5.79. The van der Waals surface area contributed by atoms with Crippen LogP contribution in [-0.4, -0.2) is 36.7 Å². The third-order valence-corrected chi connectivity index (χ3v) is 4.24. The van der Waals surface area contributed by atoms with E-state index in [0.29, 0.717) is 36.1 Å². The van der Waals surface area contributed by atoms with Gasteiger partial charge in [-0.25, -0.2) is 14.4 Å². The highest BCUT2D eigenvalue weighted by atomic mass is 35.5. The molecule has 7 heteroatoms. The molecule has 1 atom stereocenters. The molecule has 0 saturated carbocycles. The van der Waals surface area contributed by atoms with E-state index >= 15 is 0 Å². The predicted octanol–water partition coefficient (Wildman–Crippen LogP) is 3.20. The lowest BCUT2D eigenvalue weighted by molar-refractivity contribution is 0.0395. The molecule has 1 aromatic carbocycles. The lowest BCUT2D eigenvalue weighted by Gasteiger charge is -2.35.